The van der Waals surface area contributed by atoms with Crippen molar-refractivity contribution < 1.29 is 18.4 Å². The molecule has 0 aliphatic heterocycles. The maximum Gasteiger partial charge on any atom is 0.127 e. The number of quaternary nitrogens is 2. The highest BCUT2D eigenvalue weighted by atomic mass is 16.5. The van der Waals surface area contributed by atoms with E-state index in [2.05, 4.69) is 115 Å². The van der Waals surface area contributed by atoms with Gasteiger partial charge >= 0.3 is 0 Å². The molecule has 0 N–H and O–H groups in total. The van der Waals surface area contributed by atoms with Gasteiger partial charge in [0.05, 0.1) is 67.6 Å². The van der Waals surface area contributed by atoms with E-state index in [0.717, 1.165) is 57.5 Å². The third-order valence-corrected chi connectivity index (χ3v) is 11.6. The van der Waals surface area contributed by atoms with Crippen LogP contribution in [0.15, 0.2) is 72.8 Å². The van der Waals surface area contributed by atoms with Gasteiger partial charge in [0, 0.05) is 24.0 Å². The normalized spacial score (nSPS) is 12.2. The first-order valence-electron chi connectivity index (χ1n) is 22.2. The summed E-state index contributed by atoms with van der Waals surface area (Å²) in [5, 5.41) is 4.87. The quantitative estimate of drug-likeness (QED) is 0.0408. The van der Waals surface area contributed by atoms with Crippen LogP contribution in [0.4, 0.5) is 0 Å². The largest absolute Gasteiger partial charge is 0.493 e. The van der Waals surface area contributed by atoms with Crippen LogP contribution >= 0.6 is 0 Å². The Balaban J connectivity index is 1.40. The standard InChI is InChI=1S/C50H78N2O2/c1-7-9-11-13-15-17-19-25-37-51(3,4)39-27-41-53-47-35-33-43-29-21-23-31-45(43)49(47)50-46-32-24-22-30-44(46)34-36-48(50)54-42-28-40-52(5,6)38-26-20-18-16-14-12-10-8-2/h21-24,29-36H,7-20,25-28,37-42H2,1-6H3/q+2. The van der Waals surface area contributed by atoms with E-state index < -0.39 is 0 Å². The number of rotatable bonds is 29. The van der Waals surface area contributed by atoms with Crippen molar-refractivity contribution in [3.8, 4) is 22.6 Å². The first kappa shape index (κ1) is 43.6. The fourth-order valence-corrected chi connectivity index (χ4v) is 8.18. The van der Waals surface area contributed by atoms with Gasteiger partial charge in [-0.2, -0.15) is 0 Å². The molecule has 0 heterocycles. The molecule has 4 rings (SSSR count). The third kappa shape index (κ3) is 14.9. The first-order chi connectivity index (χ1) is 26.2. The molecule has 4 nitrogen and oxygen atoms in total. The predicted octanol–water partition coefficient (Wildman–Crippen LogP) is 13.6. The molecule has 0 radical (unpaired) electrons. The predicted molar refractivity (Wildman–Crippen MR) is 236 cm³/mol. The van der Waals surface area contributed by atoms with Gasteiger partial charge in [-0.15, -0.1) is 0 Å². The second-order valence-corrected chi connectivity index (χ2v) is 17.4. The molecule has 0 aliphatic carbocycles. The van der Waals surface area contributed by atoms with E-state index >= 15 is 0 Å². The average Bonchev–Trinajstić information content (AvgIpc) is 3.17. The van der Waals surface area contributed by atoms with E-state index in [1.54, 1.807) is 0 Å². The van der Waals surface area contributed by atoms with Gasteiger partial charge < -0.3 is 18.4 Å². The van der Waals surface area contributed by atoms with Crippen molar-refractivity contribution in [2.75, 3.05) is 67.6 Å². The maximum absolute atomic E-state index is 6.77. The molecule has 0 bridgehead atoms. The molecule has 4 aromatic carbocycles. The van der Waals surface area contributed by atoms with E-state index in [-0.39, 0.29) is 0 Å². The highest BCUT2D eigenvalue weighted by molar-refractivity contribution is 6.09. The van der Waals surface area contributed by atoms with Crippen molar-refractivity contribution in [1.29, 1.82) is 0 Å². The van der Waals surface area contributed by atoms with Gasteiger partial charge in [0.2, 0.25) is 0 Å². The molecule has 4 heteroatoms. The van der Waals surface area contributed by atoms with Crippen LogP contribution in [0.1, 0.15) is 129 Å². The Bertz CT molecular complexity index is 1500. The molecule has 0 fully saturated rings. The fraction of sp³-hybridized carbons (Fsp3) is 0.600. The number of hydrogen-bond acceptors (Lipinski definition) is 2. The summed E-state index contributed by atoms with van der Waals surface area (Å²) in [6.07, 6.45) is 24.0. The molecule has 0 unspecified atom stereocenters. The van der Waals surface area contributed by atoms with Crippen molar-refractivity contribution >= 4 is 21.5 Å². The van der Waals surface area contributed by atoms with Crippen LogP contribution in [-0.4, -0.2) is 76.5 Å². The SMILES string of the molecule is CCCCCCCCCC[N+](C)(C)CCCOc1ccc2ccccc2c1-c1c(OCCC[N+](C)(C)CCCCCCCCCC)ccc2ccccc12. The van der Waals surface area contributed by atoms with Gasteiger partial charge in [0.15, 0.2) is 0 Å². The van der Waals surface area contributed by atoms with Gasteiger partial charge in [0.1, 0.15) is 11.5 Å². The molecular weight excluding hydrogens is 661 g/mol. The molecule has 0 amide bonds. The van der Waals surface area contributed by atoms with Gasteiger partial charge in [-0.1, -0.05) is 152 Å². The number of benzene rings is 4. The highest BCUT2D eigenvalue weighted by Crippen LogP contribution is 2.45. The molecule has 54 heavy (non-hydrogen) atoms. The summed E-state index contributed by atoms with van der Waals surface area (Å²) in [4.78, 5) is 0. The Hall–Kier alpha value is -3.08. The smallest absolute Gasteiger partial charge is 0.127 e. The van der Waals surface area contributed by atoms with E-state index in [4.69, 9.17) is 9.47 Å². The van der Waals surface area contributed by atoms with Crippen LogP contribution in [0.5, 0.6) is 11.5 Å². The van der Waals surface area contributed by atoms with Crippen LogP contribution in [0.25, 0.3) is 32.7 Å². The Labute approximate surface area is 331 Å². The van der Waals surface area contributed by atoms with E-state index in [1.807, 2.05) is 0 Å². The zero-order valence-electron chi connectivity index (χ0n) is 35.6. The number of fused-ring (bicyclic) bond motifs is 2. The summed E-state index contributed by atoms with van der Waals surface area (Å²) < 4.78 is 15.7. The van der Waals surface area contributed by atoms with Crippen molar-refractivity contribution in [3.63, 3.8) is 0 Å². The maximum atomic E-state index is 6.77. The topological polar surface area (TPSA) is 18.5 Å². The number of hydrogen-bond donors (Lipinski definition) is 0. The van der Waals surface area contributed by atoms with Gasteiger partial charge in [-0.25, -0.2) is 0 Å². The monoisotopic (exact) mass is 739 g/mol. The zero-order valence-corrected chi connectivity index (χ0v) is 35.6. The average molecular weight is 739 g/mol. The fourth-order valence-electron chi connectivity index (χ4n) is 8.18. The second kappa shape index (κ2) is 23.8. The number of nitrogens with zero attached hydrogens (tertiary/aromatic N) is 2. The summed E-state index contributed by atoms with van der Waals surface area (Å²) in [5.41, 5.74) is 2.30. The molecule has 298 valence electrons. The van der Waals surface area contributed by atoms with Crippen molar-refractivity contribution in [1.82, 2.24) is 0 Å². The van der Waals surface area contributed by atoms with Crippen LogP contribution in [0.2, 0.25) is 0 Å². The van der Waals surface area contributed by atoms with E-state index in [9.17, 15) is 0 Å². The lowest BCUT2D eigenvalue weighted by molar-refractivity contribution is -0.890. The molecule has 0 aromatic heterocycles. The lowest BCUT2D eigenvalue weighted by Crippen LogP contribution is -2.41. The Morgan fingerprint density at radius 1 is 0.370 bits per heavy atom. The van der Waals surface area contributed by atoms with Gasteiger partial charge in [-0.05, 0) is 59.4 Å². The van der Waals surface area contributed by atoms with Crippen molar-refractivity contribution in [2.24, 2.45) is 0 Å². The van der Waals surface area contributed by atoms with Crippen LogP contribution in [-0.2, 0) is 0 Å². The first-order valence-corrected chi connectivity index (χ1v) is 22.2. The Morgan fingerprint density at radius 2 is 0.704 bits per heavy atom. The Kier molecular flexibility index (Phi) is 19.2. The summed E-state index contributed by atoms with van der Waals surface area (Å²) in [6, 6.07) is 26.3. The number of ether oxygens (including phenoxy) is 2. The van der Waals surface area contributed by atoms with Crippen LogP contribution in [0, 0.1) is 0 Å². The molecule has 0 saturated heterocycles. The minimum Gasteiger partial charge on any atom is -0.493 e. The molecular formula is C50H78N2O2+2. The summed E-state index contributed by atoms with van der Waals surface area (Å²) in [5.74, 6) is 1.90. The minimum atomic E-state index is 0.706. The summed E-state index contributed by atoms with van der Waals surface area (Å²) >= 11 is 0. The molecule has 4 aromatic rings. The van der Waals surface area contributed by atoms with E-state index in [0.29, 0.717) is 13.2 Å². The molecule has 0 aliphatic rings. The number of unbranched alkanes of at least 4 members (excludes halogenated alkanes) is 14. The summed E-state index contributed by atoms with van der Waals surface area (Å²) in [6.45, 7) is 10.7. The Morgan fingerprint density at radius 3 is 1.09 bits per heavy atom. The van der Waals surface area contributed by atoms with Crippen molar-refractivity contribution in [3.05, 3.63) is 72.8 Å². The summed E-state index contributed by atoms with van der Waals surface area (Å²) in [7, 11) is 9.55. The molecule has 0 atom stereocenters. The lowest BCUT2D eigenvalue weighted by Gasteiger charge is -2.30. The lowest BCUT2D eigenvalue weighted by atomic mass is 9.92. The van der Waals surface area contributed by atoms with Crippen molar-refractivity contribution in [2.45, 2.75) is 129 Å². The molecule has 0 saturated carbocycles. The second-order valence-electron chi connectivity index (χ2n) is 17.4. The molecule has 0 spiro atoms. The van der Waals surface area contributed by atoms with E-state index in [1.165, 1.54) is 137 Å². The minimum absolute atomic E-state index is 0.706. The highest BCUT2D eigenvalue weighted by Gasteiger charge is 2.21. The zero-order chi connectivity index (χ0) is 38.5. The van der Waals surface area contributed by atoms with Gasteiger partial charge in [-0.3, -0.25) is 0 Å². The third-order valence-electron chi connectivity index (χ3n) is 11.6. The van der Waals surface area contributed by atoms with Crippen LogP contribution < -0.4 is 9.47 Å². The van der Waals surface area contributed by atoms with Gasteiger partial charge in [0.25, 0.3) is 0 Å². The van der Waals surface area contributed by atoms with Crippen LogP contribution in [0.3, 0.4) is 0 Å².